The third-order valence-electron chi connectivity index (χ3n) is 5.61. The van der Waals surface area contributed by atoms with Crippen LogP contribution in [-0.4, -0.2) is 11.8 Å². The molecule has 0 N–H and O–H groups in total. The van der Waals surface area contributed by atoms with Crippen molar-refractivity contribution in [3.8, 4) is 5.75 Å². The summed E-state index contributed by atoms with van der Waals surface area (Å²) in [6, 6.07) is 15.7. The van der Waals surface area contributed by atoms with E-state index in [0.717, 1.165) is 15.3 Å². The van der Waals surface area contributed by atoms with E-state index in [4.69, 9.17) is 4.74 Å². The van der Waals surface area contributed by atoms with E-state index in [2.05, 4.69) is 0 Å². The predicted octanol–water partition coefficient (Wildman–Crippen LogP) is 4.90. The molecule has 1 aliphatic carbocycles. The van der Waals surface area contributed by atoms with Crippen LogP contribution in [0.1, 0.15) is 40.0 Å². The molecule has 2 aliphatic rings. The summed E-state index contributed by atoms with van der Waals surface area (Å²) in [6.07, 6.45) is 0.762. The van der Waals surface area contributed by atoms with Crippen molar-refractivity contribution in [1.82, 2.24) is 0 Å². The van der Waals surface area contributed by atoms with Gasteiger partial charge in [0.05, 0.1) is 0 Å². The smallest absolute Gasteiger partial charge is 0.323 e. The molecule has 1 saturated carbocycles. The molecule has 0 amide bonds. The Morgan fingerprint density at radius 3 is 2.04 bits per heavy atom. The van der Waals surface area contributed by atoms with Gasteiger partial charge in [-0.3, -0.25) is 9.59 Å². The van der Waals surface area contributed by atoms with E-state index in [1.807, 2.05) is 59.3 Å². The molecule has 3 heterocycles. The number of Topliss-reactive ketones (excluding diaryl/α,β-unsaturated/α-hetero) is 1. The highest BCUT2D eigenvalue weighted by atomic mass is 32.1. The fraction of sp³-hybridized carbons (Fsp3) is 0.238. The molecule has 3 aromatic rings. The molecule has 0 saturated heterocycles. The second-order valence-electron chi connectivity index (χ2n) is 6.84. The van der Waals surface area contributed by atoms with Gasteiger partial charge in [0, 0.05) is 40.0 Å². The molecule has 130 valence electrons. The molecule has 26 heavy (non-hydrogen) atoms. The van der Waals surface area contributed by atoms with Crippen LogP contribution in [0, 0.1) is 0 Å². The van der Waals surface area contributed by atoms with Crippen molar-refractivity contribution in [1.29, 1.82) is 0 Å². The van der Waals surface area contributed by atoms with Crippen molar-refractivity contribution in [2.45, 2.75) is 30.1 Å². The van der Waals surface area contributed by atoms with Crippen molar-refractivity contribution in [2.75, 3.05) is 0 Å². The number of carbonyl (C=O) groups is 2. The number of para-hydroxylation sites is 1. The van der Waals surface area contributed by atoms with E-state index in [1.54, 1.807) is 22.7 Å². The molecule has 1 aliphatic heterocycles. The van der Waals surface area contributed by atoms with Crippen LogP contribution in [0.4, 0.5) is 0 Å². The Labute approximate surface area is 159 Å². The van der Waals surface area contributed by atoms with Crippen LogP contribution in [0.3, 0.4) is 0 Å². The predicted molar refractivity (Wildman–Crippen MR) is 102 cm³/mol. The average Bonchev–Trinajstić information content (AvgIpc) is 3.39. The number of carbonyl (C=O) groups excluding carboxylic acids is 2. The van der Waals surface area contributed by atoms with Gasteiger partial charge in [0.1, 0.15) is 16.9 Å². The monoisotopic (exact) mass is 380 g/mol. The third kappa shape index (κ3) is 2.10. The van der Waals surface area contributed by atoms with Crippen molar-refractivity contribution >= 4 is 34.4 Å². The van der Waals surface area contributed by atoms with Crippen LogP contribution in [0.2, 0.25) is 0 Å². The summed E-state index contributed by atoms with van der Waals surface area (Å²) >= 11 is 3.22. The number of hydrogen-bond acceptors (Lipinski definition) is 5. The van der Waals surface area contributed by atoms with Crippen LogP contribution >= 0.6 is 22.7 Å². The van der Waals surface area contributed by atoms with Crippen molar-refractivity contribution in [2.24, 2.45) is 0 Å². The van der Waals surface area contributed by atoms with E-state index < -0.39 is 5.41 Å². The maximum Gasteiger partial charge on any atom is 0.323 e. The SMILES string of the molecule is O=C1C[C@H](c2cccs2)C2(C(=O)Oc3ccccc32)[C@H](c2cccs2)C1. The first-order chi connectivity index (χ1) is 12.7. The minimum absolute atomic E-state index is 0.188. The Kier molecular flexibility index (Phi) is 3.62. The summed E-state index contributed by atoms with van der Waals surface area (Å²) in [5.74, 6) is 0.251. The summed E-state index contributed by atoms with van der Waals surface area (Å²) < 4.78 is 5.75. The van der Waals surface area contributed by atoms with Gasteiger partial charge in [-0.1, -0.05) is 30.3 Å². The maximum absolute atomic E-state index is 13.4. The molecule has 3 nitrogen and oxygen atoms in total. The molecule has 2 aromatic heterocycles. The second-order valence-corrected chi connectivity index (χ2v) is 8.80. The van der Waals surface area contributed by atoms with Crippen molar-refractivity contribution in [3.63, 3.8) is 0 Å². The fourth-order valence-electron chi connectivity index (χ4n) is 4.58. The summed E-state index contributed by atoms with van der Waals surface area (Å²) in [5.41, 5.74) is 0.0922. The maximum atomic E-state index is 13.4. The van der Waals surface area contributed by atoms with Gasteiger partial charge in [0.15, 0.2) is 0 Å². The van der Waals surface area contributed by atoms with Gasteiger partial charge < -0.3 is 4.74 Å². The Hall–Kier alpha value is -2.24. The quantitative estimate of drug-likeness (QED) is 0.469. The Bertz CT molecular complexity index is 926. The summed E-state index contributed by atoms with van der Waals surface area (Å²) in [4.78, 5) is 28.2. The van der Waals surface area contributed by atoms with Crippen LogP contribution < -0.4 is 4.74 Å². The summed E-state index contributed by atoms with van der Waals surface area (Å²) in [5, 5.41) is 4.02. The van der Waals surface area contributed by atoms with Gasteiger partial charge in [-0.25, -0.2) is 0 Å². The third-order valence-corrected chi connectivity index (χ3v) is 7.58. The Morgan fingerprint density at radius 2 is 1.46 bits per heavy atom. The van der Waals surface area contributed by atoms with Gasteiger partial charge >= 0.3 is 5.97 Å². The van der Waals surface area contributed by atoms with Crippen LogP contribution in [0.15, 0.2) is 59.3 Å². The summed E-state index contributed by atoms with van der Waals surface area (Å²) in [6.45, 7) is 0. The van der Waals surface area contributed by atoms with Gasteiger partial charge in [-0.05, 0) is 29.0 Å². The van der Waals surface area contributed by atoms with Crippen LogP contribution in [-0.2, 0) is 15.0 Å². The minimum atomic E-state index is -0.833. The van der Waals surface area contributed by atoms with E-state index in [0.29, 0.717) is 18.6 Å². The average molecular weight is 380 g/mol. The first-order valence-corrected chi connectivity index (χ1v) is 10.4. The lowest BCUT2D eigenvalue weighted by Gasteiger charge is -2.43. The lowest BCUT2D eigenvalue weighted by Crippen LogP contribution is -2.49. The number of hydrogen-bond donors (Lipinski definition) is 0. The highest BCUT2D eigenvalue weighted by molar-refractivity contribution is 7.10. The van der Waals surface area contributed by atoms with Gasteiger partial charge in [0.25, 0.3) is 0 Å². The molecular weight excluding hydrogens is 364 g/mol. The van der Waals surface area contributed by atoms with Crippen LogP contribution in [0.5, 0.6) is 5.75 Å². The van der Waals surface area contributed by atoms with Gasteiger partial charge in [0.2, 0.25) is 0 Å². The molecule has 0 radical (unpaired) electrons. The zero-order valence-electron chi connectivity index (χ0n) is 13.9. The zero-order valence-corrected chi connectivity index (χ0v) is 15.5. The molecule has 0 bridgehead atoms. The number of fused-ring (bicyclic) bond motifs is 2. The number of ether oxygens (including phenoxy) is 1. The molecular formula is C21H16O3S2. The van der Waals surface area contributed by atoms with E-state index in [-0.39, 0.29) is 23.6 Å². The highest BCUT2D eigenvalue weighted by Crippen LogP contribution is 2.61. The van der Waals surface area contributed by atoms with Gasteiger partial charge in [-0.15, -0.1) is 22.7 Å². The molecule has 1 fully saturated rings. The lowest BCUT2D eigenvalue weighted by atomic mass is 9.56. The van der Waals surface area contributed by atoms with Gasteiger partial charge in [-0.2, -0.15) is 0 Å². The number of benzene rings is 1. The second kappa shape index (κ2) is 5.89. The first-order valence-electron chi connectivity index (χ1n) is 8.61. The lowest BCUT2D eigenvalue weighted by molar-refractivity contribution is -0.142. The molecule has 3 atom stereocenters. The van der Waals surface area contributed by atoms with E-state index in [1.165, 1.54) is 0 Å². The Morgan fingerprint density at radius 1 is 0.846 bits per heavy atom. The van der Waals surface area contributed by atoms with Crippen LogP contribution in [0.25, 0.3) is 0 Å². The highest BCUT2D eigenvalue weighted by Gasteiger charge is 2.62. The van der Waals surface area contributed by atoms with E-state index in [9.17, 15) is 9.59 Å². The molecule has 1 unspecified atom stereocenters. The number of rotatable bonds is 2. The zero-order chi connectivity index (χ0) is 17.7. The molecule has 1 spiro atoms. The number of thiophene rings is 2. The Balaban J connectivity index is 1.80. The largest absolute Gasteiger partial charge is 0.426 e. The molecule has 5 heteroatoms. The number of ketones is 1. The first kappa shape index (κ1) is 16.0. The number of esters is 1. The van der Waals surface area contributed by atoms with E-state index >= 15 is 0 Å². The normalized spacial score (nSPS) is 27.5. The fourth-order valence-corrected chi connectivity index (χ4v) is 6.39. The summed E-state index contributed by atoms with van der Waals surface area (Å²) in [7, 11) is 0. The molecule has 5 rings (SSSR count). The topological polar surface area (TPSA) is 43.4 Å². The van der Waals surface area contributed by atoms with Crippen molar-refractivity contribution < 1.29 is 14.3 Å². The molecule has 1 aromatic carbocycles. The minimum Gasteiger partial charge on any atom is -0.426 e. The standard InChI is InChI=1S/C21H16O3S2/c22-13-11-15(18-7-3-9-25-18)21(16(12-13)19-8-4-10-26-19)14-5-1-2-6-17(14)24-20(21)23/h1-10,15-16H,11-12H2/t15-,16+,21?. The van der Waals surface area contributed by atoms with Crippen molar-refractivity contribution in [3.05, 3.63) is 74.6 Å².